The number of benzene rings is 2. The summed E-state index contributed by atoms with van der Waals surface area (Å²) in [6.07, 6.45) is 3.43. The molecule has 2 aromatic carbocycles. The molecule has 0 saturated carbocycles. The zero-order chi connectivity index (χ0) is 22.9. The second-order valence-electron chi connectivity index (χ2n) is 8.55. The summed E-state index contributed by atoms with van der Waals surface area (Å²) in [4.78, 5) is 26.8. The summed E-state index contributed by atoms with van der Waals surface area (Å²) < 4.78 is 11.0. The minimum absolute atomic E-state index is 0.214. The molecule has 4 aromatic rings. The second kappa shape index (κ2) is 8.78. The van der Waals surface area contributed by atoms with Gasteiger partial charge in [-0.25, -0.2) is 4.98 Å². The zero-order valence-corrected chi connectivity index (χ0v) is 19.2. The monoisotopic (exact) mass is 447 g/mol. The number of rotatable bonds is 7. The minimum atomic E-state index is -0.214. The number of aromatic nitrogens is 3. The topological polar surface area (TPSA) is 95.3 Å². The van der Waals surface area contributed by atoms with Crippen molar-refractivity contribution in [3.63, 3.8) is 0 Å². The van der Waals surface area contributed by atoms with E-state index in [0.717, 1.165) is 41.6 Å². The molecule has 3 N–H and O–H groups in total. The van der Waals surface area contributed by atoms with Gasteiger partial charge in [-0.1, -0.05) is 12.1 Å². The molecule has 5 rings (SSSR count). The second-order valence-corrected chi connectivity index (χ2v) is 8.55. The lowest BCUT2D eigenvalue weighted by Gasteiger charge is -2.21. The third kappa shape index (κ3) is 3.91. The number of methoxy groups -OCH3 is 2. The SMILES string of the molecule is COc1cc2[nH]c(=O)c(-c3nc4ccccc4[nH]3)c(NCCC3CCCN3C)c2cc1OC. The lowest BCUT2D eigenvalue weighted by molar-refractivity contribution is 0.301. The van der Waals surface area contributed by atoms with Crippen molar-refractivity contribution in [2.75, 3.05) is 39.7 Å². The first-order valence-electron chi connectivity index (χ1n) is 11.3. The largest absolute Gasteiger partial charge is 0.493 e. The van der Waals surface area contributed by atoms with Gasteiger partial charge in [-0.05, 0) is 51.1 Å². The van der Waals surface area contributed by atoms with Crippen LogP contribution in [0.25, 0.3) is 33.3 Å². The summed E-state index contributed by atoms with van der Waals surface area (Å²) >= 11 is 0. The van der Waals surface area contributed by atoms with Gasteiger partial charge in [0.2, 0.25) is 0 Å². The molecule has 172 valence electrons. The third-order valence-corrected chi connectivity index (χ3v) is 6.60. The highest BCUT2D eigenvalue weighted by Gasteiger charge is 2.22. The number of aromatic amines is 2. The van der Waals surface area contributed by atoms with E-state index in [2.05, 4.69) is 27.2 Å². The van der Waals surface area contributed by atoms with Crippen LogP contribution in [0.3, 0.4) is 0 Å². The van der Waals surface area contributed by atoms with Crippen molar-refractivity contribution < 1.29 is 9.47 Å². The van der Waals surface area contributed by atoms with E-state index in [0.29, 0.717) is 34.4 Å². The van der Waals surface area contributed by atoms with Gasteiger partial charge in [0.1, 0.15) is 11.4 Å². The molecule has 0 bridgehead atoms. The maximum atomic E-state index is 13.3. The standard InChI is InChI=1S/C25H29N5O3/c1-30-12-6-7-15(30)10-11-26-23-16-13-20(32-2)21(33-3)14-19(16)29-25(31)22(23)24-27-17-8-4-5-9-18(17)28-24/h4-5,8-9,13-15H,6-7,10-12H2,1-3H3,(H,27,28)(H2,26,29,31). The Morgan fingerprint density at radius 1 is 1.12 bits per heavy atom. The first-order valence-corrected chi connectivity index (χ1v) is 11.3. The number of nitrogens with one attached hydrogen (secondary N) is 3. The number of fused-ring (bicyclic) bond motifs is 2. The molecule has 0 spiro atoms. The van der Waals surface area contributed by atoms with Crippen LogP contribution in [0.2, 0.25) is 0 Å². The Bertz CT molecular complexity index is 1330. The van der Waals surface area contributed by atoms with Gasteiger partial charge in [0.25, 0.3) is 5.56 Å². The molecular formula is C25H29N5O3. The molecule has 1 fully saturated rings. The number of hydrogen-bond donors (Lipinski definition) is 3. The molecule has 33 heavy (non-hydrogen) atoms. The highest BCUT2D eigenvalue weighted by Crippen LogP contribution is 2.37. The number of nitrogens with zero attached hydrogens (tertiary/aromatic N) is 2. The number of para-hydroxylation sites is 2. The van der Waals surface area contributed by atoms with Gasteiger partial charge in [0.15, 0.2) is 11.5 Å². The van der Waals surface area contributed by atoms with Crippen LogP contribution in [0.1, 0.15) is 19.3 Å². The van der Waals surface area contributed by atoms with E-state index in [-0.39, 0.29) is 5.56 Å². The van der Waals surface area contributed by atoms with Gasteiger partial charge in [0, 0.05) is 24.0 Å². The van der Waals surface area contributed by atoms with E-state index in [4.69, 9.17) is 14.5 Å². The summed E-state index contributed by atoms with van der Waals surface area (Å²) in [6.45, 7) is 1.88. The van der Waals surface area contributed by atoms with Crippen molar-refractivity contribution in [3.8, 4) is 22.9 Å². The van der Waals surface area contributed by atoms with Gasteiger partial charge in [0.05, 0.1) is 36.5 Å². The third-order valence-electron chi connectivity index (χ3n) is 6.60. The molecule has 1 saturated heterocycles. The van der Waals surface area contributed by atoms with E-state index in [9.17, 15) is 4.79 Å². The predicted molar refractivity (Wildman–Crippen MR) is 132 cm³/mol. The number of anilines is 1. The molecule has 1 unspecified atom stereocenters. The van der Waals surface area contributed by atoms with Crippen LogP contribution in [-0.2, 0) is 0 Å². The van der Waals surface area contributed by atoms with Gasteiger partial charge in [-0.15, -0.1) is 0 Å². The normalized spacial score (nSPS) is 16.5. The van der Waals surface area contributed by atoms with E-state index < -0.39 is 0 Å². The molecule has 0 radical (unpaired) electrons. The van der Waals surface area contributed by atoms with Gasteiger partial charge < -0.3 is 29.7 Å². The number of ether oxygens (including phenoxy) is 2. The number of pyridine rings is 1. The molecule has 3 heterocycles. The molecule has 8 heteroatoms. The van der Waals surface area contributed by atoms with Gasteiger partial charge >= 0.3 is 0 Å². The predicted octanol–water partition coefficient (Wildman–Crippen LogP) is 3.98. The van der Waals surface area contributed by atoms with Crippen LogP contribution in [0.5, 0.6) is 11.5 Å². The maximum Gasteiger partial charge on any atom is 0.261 e. The number of H-pyrrole nitrogens is 2. The Morgan fingerprint density at radius 3 is 2.64 bits per heavy atom. The number of hydrogen-bond acceptors (Lipinski definition) is 6. The Kier molecular flexibility index (Phi) is 5.68. The summed E-state index contributed by atoms with van der Waals surface area (Å²) in [5.41, 5.74) is 3.41. The summed E-state index contributed by atoms with van der Waals surface area (Å²) in [5.74, 6) is 1.71. The fourth-order valence-electron chi connectivity index (χ4n) is 4.81. The van der Waals surface area contributed by atoms with Crippen molar-refractivity contribution in [1.82, 2.24) is 19.9 Å². The van der Waals surface area contributed by atoms with Crippen molar-refractivity contribution in [1.29, 1.82) is 0 Å². The fraction of sp³-hybridized carbons (Fsp3) is 0.360. The van der Waals surface area contributed by atoms with Crippen molar-refractivity contribution >= 4 is 27.6 Å². The Balaban J connectivity index is 1.64. The zero-order valence-electron chi connectivity index (χ0n) is 19.2. The first-order chi connectivity index (χ1) is 16.1. The Morgan fingerprint density at radius 2 is 1.91 bits per heavy atom. The molecular weight excluding hydrogens is 418 g/mol. The molecule has 0 aliphatic carbocycles. The van der Waals surface area contributed by atoms with E-state index >= 15 is 0 Å². The van der Waals surface area contributed by atoms with Crippen LogP contribution >= 0.6 is 0 Å². The van der Waals surface area contributed by atoms with Gasteiger partial charge in [-0.2, -0.15) is 0 Å². The van der Waals surface area contributed by atoms with Crippen LogP contribution in [0.4, 0.5) is 5.69 Å². The van der Waals surface area contributed by atoms with Crippen molar-refractivity contribution in [3.05, 3.63) is 46.8 Å². The van der Waals surface area contributed by atoms with Crippen LogP contribution in [0, 0.1) is 0 Å². The Labute approximate surface area is 191 Å². The van der Waals surface area contributed by atoms with Gasteiger partial charge in [-0.3, -0.25) is 4.79 Å². The van der Waals surface area contributed by atoms with Crippen LogP contribution in [0.15, 0.2) is 41.2 Å². The lowest BCUT2D eigenvalue weighted by Crippen LogP contribution is -2.27. The molecule has 1 aliphatic heterocycles. The van der Waals surface area contributed by atoms with Crippen LogP contribution in [-0.4, -0.2) is 60.3 Å². The summed E-state index contributed by atoms with van der Waals surface area (Å²) in [5, 5.41) is 4.42. The highest BCUT2D eigenvalue weighted by molar-refractivity contribution is 6.00. The average molecular weight is 448 g/mol. The average Bonchev–Trinajstić information content (AvgIpc) is 3.43. The maximum absolute atomic E-state index is 13.3. The van der Waals surface area contributed by atoms with Crippen molar-refractivity contribution in [2.24, 2.45) is 0 Å². The fourth-order valence-corrected chi connectivity index (χ4v) is 4.81. The number of imidazole rings is 1. The molecule has 2 aromatic heterocycles. The molecule has 0 amide bonds. The number of likely N-dealkylation sites (tertiary alicyclic amines) is 1. The quantitative estimate of drug-likeness (QED) is 0.397. The van der Waals surface area contributed by atoms with Crippen LogP contribution < -0.4 is 20.3 Å². The summed E-state index contributed by atoms with van der Waals surface area (Å²) in [7, 11) is 5.37. The van der Waals surface area contributed by atoms with E-state index in [1.54, 1.807) is 20.3 Å². The van der Waals surface area contributed by atoms with E-state index in [1.807, 2.05) is 30.3 Å². The Hall–Kier alpha value is -3.52. The molecule has 1 atom stereocenters. The van der Waals surface area contributed by atoms with Crippen molar-refractivity contribution in [2.45, 2.75) is 25.3 Å². The van der Waals surface area contributed by atoms with E-state index in [1.165, 1.54) is 12.8 Å². The minimum Gasteiger partial charge on any atom is -0.493 e. The molecule has 1 aliphatic rings. The molecule has 8 nitrogen and oxygen atoms in total. The highest BCUT2D eigenvalue weighted by atomic mass is 16.5. The summed E-state index contributed by atoms with van der Waals surface area (Å²) in [6, 6.07) is 12.0. The smallest absolute Gasteiger partial charge is 0.261 e. The lowest BCUT2D eigenvalue weighted by atomic mass is 10.1. The first kappa shape index (κ1) is 21.3.